The highest BCUT2D eigenvalue weighted by Crippen LogP contribution is 2.44. The molecule has 0 saturated carbocycles. The summed E-state index contributed by atoms with van der Waals surface area (Å²) in [6.07, 6.45) is 2.71. The number of aliphatic hydroxyl groups excluding tert-OH is 1. The van der Waals surface area contributed by atoms with Crippen LogP contribution in [0.3, 0.4) is 0 Å². The first-order valence-electron chi connectivity index (χ1n) is 14.3. The molecule has 0 aliphatic carbocycles. The van der Waals surface area contributed by atoms with Gasteiger partial charge in [-0.25, -0.2) is 4.98 Å². The third-order valence-corrected chi connectivity index (χ3v) is 9.63. The zero-order valence-electron chi connectivity index (χ0n) is 24.8. The first kappa shape index (κ1) is 29.6. The van der Waals surface area contributed by atoms with E-state index in [9.17, 15) is 14.7 Å². The van der Waals surface area contributed by atoms with Crippen molar-refractivity contribution in [3.05, 3.63) is 106 Å². The van der Waals surface area contributed by atoms with Gasteiger partial charge in [0.15, 0.2) is 10.1 Å². The summed E-state index contributed by atoms with van der Waals surface area (Å²) < 4.78 is 8.28. The second kappa shape index (κ2) is 12.3. The summed E-state index contributed by atoms with van der Waals surface area (Å²) in [6, 6.07) is 18.3. The van der Waals surface area contributed by atoms with Gasteiger partial charge in [0, 0.05) is 11.9 Å². The third kappa shape index (κ3) is 5.48. The monoisotopic (exact) mass is 625 g/mol. The number of ketones is 1. The molecular weight excluding hydrogens is 595 g/mol. The van der Waals surface area contributed by atoms with E-state index in [4.69, 9.17) is 4.74 Å². The summed E-state index contributed by atoms with van der Waals surface area (Å²) in [6.45, 7) is 8.39. The number of aryl methyl sites for hydroxylation is 3. The molecule has 224 valence electrons. The summed E-state index contributed by atoms with van der Waals surface area (Å²) in [5, 5.41) is 20.6. The lowest BCUT2D eigenvalue weighted by Crippen LogP contribution is -2.29. The van der Waals surface area contributed by atoms with Crippen LogP contribution in [0.4, 0.5) is 5.13 Å². The maximum atomic E-state index is 13.7. The van der Waals surface area contributed by atoms with Crippen LogP contribution in [0.15, 0.2) is 76.8 Å². The number of carbonyl (C=O) groups excluding carboxylic acids is 2. The Morgan fingerprint density at radius 2 is 1.77 bits per heavy atom. The molecular formula is C33H31N5O4S2. The third-order valence-electron chi connectivity index (χ3n) is 7.51. The average molecular weight is 626 g/mol. The topological polar surface area (TPSA) is 110 Å². The highest BCUT2D eigenvalue weighted by Gasteiger charge is 2.49. The summed E-state index contributed by atoms with van der Waals surface area (Å²) in [4.78, 5) is 33.4. The summed E-state index contributed by atoms with van der Waals surface area (Å²) in [7, 11) is 0. The molecule has 1 N–H and O–H groups in total. The minimum atomic E-state index is -0.941. The maximum Gasteiger partial charge on any atom is 0.301 e. The largest absolute Gasteiger partial charge is 0.505 e. The Hall–Kier alpha value is -4.48. The fraction of sp³-hybridized carbons (Fsp3) is 0.242. The Kier molecular flexibility index (Phi) is 8.24. The fourth-order valence-corrected chi connectivity index (χ4v) is 7.00. The quantitative estimate of drug-likeness (QED) is 0.0625. The number of anilines is 1. The Bertz CT molecular complexity index is 1890. The molecule has 44 heavy (non-hydrogen) atoms. The van der Waals surface area contributed by atoms with Gasteiger partial charge in [0.2, 0.25) is 5.13 Å². The molecule has 0 spiro atoms. The smallest absolute Gasteiger partial charge is 0.301 e. The van der Waals surface area contributed by atoms with Crippen LogP contribution in [-0.2, 0) is 15.3 Å². The number of aromatic nitrogens is 4. The molecule has 4 heterocycles. The van der Waals surface area contributed by atoms with Crippen molar-refractivity contribution >= 4 is 51.3 Å². The van der Waals surface area contributed by atoms with Crippen molar-refractivity contribution in [3.63, 3.8) is 0 Å². The molecule has 3 aromatic heterocycles. The first-order valence-corrected chi connectivity index (χ1v) is 16.1. The first-order chi connectivity index (χ1) is 21.3. The predicted octanol–water partition coefficient (Wildman–Crippen LogP) is 6.82. The molecule has 1 aliphatic heterocycles. The van der Waals surface area contributed by atoms with Crippen LogP contribution in [-0.4, -0.2) is 43.0 Å². The molecule has 0 bridgehead atoms. The fourth-order valence-electron chi connectivity index (χ4n) is 5.17. The number of aliphatic hydroxyl groups is 1. The van der Waals surface area contributed by atoms with E-state index in [2.05, 4.69) is 39.4 Å². The number of thioether (sulfide) groups is 1. The van der Waals surface area contributed by atoms with Gasteiger partial charge in [0.05, 0.1) is 23.9 Å². The molecule has 11 heteroatoms. The maximum absolute atomic E-state index is 13.7. The Balaban J connectivity index is 1.42. The van der Waals surface area contributed by atoms with Crippen molar-refractivity contribution in [1.82, 2.24) is 19.6 Å². The van der Waals surface area contributed by atoms with E-state index in [0.717, 1.165) is 17.5 Å². The van der Waals surface area contributed by atoms with Crippen LogP contribution < -0.4 is 9.64 Å². The van der Waals surface area contributed by atoms with Crippen LogP contribution in [0.2, 0.25) is 0 Å². The van der Waals surface area contributed by atoms with Crippen molar-refractivity contribution in [2.45, 2.75) is 50.3 Å². The minimum absolute atomic E-state index is 0.0505. The summed E-state index contributed by atoms with van der Waals surface area (Å²) in [5.74, 6) is -0.572. The van der Waals surface area contributed by atoms with E-state index >= 15 is 0 Å². The molecule has 1 unspecified atom stereocenters. The summed E-state index contributed by atoms with van der Waals surface area (Å²) in [5.41, 5.74) is 5.37. The number of benzene rings is 2. The number of carbonyl (C=O) groups is 2. The molecule has 2 aromatic carbocycles. The SMILES string of the molecule is CCCOc1ccc(C2/C(=C(\O)c3nc4c(C)cccn4c3C)C(=O)C(=O)N2c2nnc(SCc3ccc(C)cc3)s2)cc1. The van der Waals surface area contributed by atoms with Gasteiger partial charge in [-0.1, -0.05) is 78.1 Å². The normalized spacial score (nSPS) is 16.3. The van der Waals surface area contributed by atoms with Crippen molar-refractivity contribution in [2.75, 3.05) is 11.5 Å². The van der Waals surface area contributed by atoms with Gasteiger partial charge in [0.1, 0.15) is 17.1 Å². The number of amides is 1. The highest BCUT2D eigenvalue weighted by atomic mass is 32.2. The van der Waals surface area contributed by atoms with Gasteiger partial charge >= 0.3 is 5.91 Å². The number of imidazole rings is 1. The molecule has 1 aliphatic rings. The standard InChI is InChI=1S/C33H31N5O4S2/c1-5-17-42-24-14-12-23(13-15-24)27-25(28(39)26-21(4)37-16-6-7-20(3)30(37)34-26)29(40)31(41)38(27)32-35-36-33(44-32)43-18-22-10-8-19(2)9-11-22/h6-16,27,39H,5,17-18H2,1-4H3/b28-25+. The number of hydrogen-bond acceptors (Lipinski definition) is 9. The average Bonchev–Trinajstić information content (AvgIpc) is 3.71. The lowest BCUT2D eigenvalue weighted by Gasteiger charge is -2.22. The number of rotatable bonds is 9. The number of hydrogen-bond donors (Lipinski definition) is 1. The molecule has 1 atom stereocenters. The van der Waals surface area contributed by atoms with Crippen molar-refractivity contribution in [3.8, 4) is 5.75 Å². The van der Waals surface area contributed by atoms with Crippen molar-refractivity contribution < 1.29 is 19.4 Å². The minimum Gasteiger partial charge on any atom is -0.505 e. The van der Waals surface area contributed by atoms with Crippen molar-refractivity contribution in [1.29, 1.82) is 0 Å². The number of ether oxygens (including phenoxy) is 1. The van der Waals surface area contributed by atoms with Gasteiger partial charge in [-0.3, -0.25) is 14.5 Å². The zero-order valence-corrected chi connectivity index (χ0v) is 26.4. The number of pyridine rings is 1. The van der Waals surface area contributed by atoms with Gasteiger partial charge in [-0.2, -0.15) is 0 Å². The van der Waals surface area contributed by atoms with E-state index in [1.807, 2.05) is 50.4 Å². The van der Waals surface area contributed by atoms with Crippen LogP contribution >= 0.6 is 23.1 Å². The lowest BCUT2D eigenvalue weighted by molar-refractivity contribution is -0.132. The van der Waals surface area contributed by atoms with E-state index in [-0.39, 0.29) is 22.2 Å². The molecule has 1 fully saturated rings. The van der Waals surface area contributed by atoms with Crippen LogP contribution in [0.1, 0.15) is 53.0 Å². The molecule has 6 rings (SSSR count). The summed E-state index contributed by atoms with van der Waals surface area (Å²) >= 11 is 2.74. The Morgan fingerprint density at radius 1 is 1.02 bits per heavy atom. The number of fused-ring (bicyclic) bond motifs is 1. The van der Waals surface area contributed by atoms with Gasteiger partial charge in [0.25, 0.3) is 5.78 Å². The number of nitrogens with zero attached hydrogens (tertiary/aromatic N) is 5. The second-order valence-electron chi connectivity index (χ2n) is 10.6. The Labute approximate surface area is 263 Å². The zero-order chi connectivity index (χ0) is 31.0. The van der Waals surface area contributed by atoms with Gasteiger partial charge in [-0.05, 0) is 62.1 Å². The number of Topliss-reactive ketones (excluding diaryl/α,β-unsaturated/α-hetero) is 1. The van der Waals surface area contributed by atoms with Crippen molar-refractivity contribution in [2.24, 2.45) is 0 Å². The van der Waals surface area contributed by atoms with Crippen LogP contribution in [0.5, 0.6) is 5.75 Å². The van der Waals surface area contributed by atoms with Crippen LogP contribution in [0.25, 0.3) is 11.4 Å². The molecule has 5 aromatic rings. The Morgan fingerprint density at radius 3 is 2.48 bits per heavy atom. The van der Waals surface area contributed by atoms with E-state index in [1.165, 1.54) is 33.6 Å². The molecule has 9 nitrogen and oxygen atoms in total. The van der Waals surface area contributed by atoms with Gasteiger partial charge < -0.3 is 14.2 Å². The van der Waals surface area contributed by atoms with E-state index in [0.29, 0.717) is 39.4 Å². The lowest BCUT2D eigenvalue weighted by atomic mass is 9.96. The molecule has 1 amide bonds. The van der Waals surface area contributed by atoms with Gasteiger partial charge in [-0.15, -0.1) is 10.2 Å². The second-order valence-corrected chi connectivity index (χ2v) is 12.8. The van der Waals surface area contributed by atoms with E-state index < -0.39 is 17.7 Å². The van der Waals surface area contributed by atoms with Crippen LogP contribution in [0, 0.1) is 20.8 Å². The molecule has 1 saturated heterocycles. The highest BCUT2D eigenvalue weighted by molar-refractivity contribution is 8.00. The van der Waals surface area contributed by atoms with E-state index in [1.54, 1.807) is 24.3 Å². The predicted molar refractivity (Wildman–Crippen MR) is 172 cm³/mol. The molecule has 0 radical (unpaired) electrons.